The molecule has 2 amide bonds. The van der Waals surface area contributed by atoms with Crippen LogP contribution in [0.5, 0.6) is 5.75 Å². The van der Waals surface area contributed by atoms with Crippen molar-refractivity contribution in [2.75, 3.05) is 6.61 Å². The third-order valence-corrected chi connectivity index (χ3v) is 7.54. The number of nitrogens with zero attached hydrogens (tertiary/aromatic N) is 1. The summed E-state index contributed by atoms with van der Waals surface area (Å²) in [5.41, 5.74) is 10.7. The largest absolute Gasteiger partial charge is 0.483 e. The number of benzene rings is 2. The highest BCUT2D eigenvalue weighted by molar-refractivity contribution is 7.98. The molecule has 1 aliphatic carbocycles. The van der Waals surface area contributed by atoms with Gasteiger partial charge >= 0.3 is 0 Å². The Morgan fingerprint density at radius 2 is 1.92 bits per heavy atom. The summed E-state index contributed by atoms with van der Waals surface area (Å²) in [4.78, 5) is 35.0. The van der Waals surface area contributed by atoms with Crippen molar-refractivity contribution in [1.29, 1.82) is 0 Å². The topological polar surface area (TPSA) is 103 Å². The lowest BCUT2D eigenvalue weighted by Gasteiger charge is -2.15. The number of nitrogens with two attached hydrogens (primary N) is 1. The van der Waals surface area contributed by atoms with Crippen molar-refractivity contribution in [3.8, 4) is 5.75 Å². The Morgan fingerprint density at radius 3 is 2.56 bits per heavy atom. The van der Waals surface area contributed by atoms with Gasteiger partial charge < -0.3 is 15.0 Å². The maximum Gasteiger partial charge on any atom is 0.267 e. The Kier molecular flexibility index (Phi) is 11.0. The predicted molar refractivity (Wildman–Crippen MR) is 158 cm³/mol. The molecule has 0 saturated carbocycles. The number of aryl methyl sites for hydroxylation is 2. The van der Waals surface area contributed by atoms with Crippen LogP contribution in [0.25, 0.3) is 10.9 Å². The number of primary amides is 1. The van der Waals surface area contributed by atoms with Crippen LogP contribution in [0.3, 0.4) is 0 Å². The third-order valence-electron chi connectivity index (χ3n) is 6.70. The summed E-state index contributed by atoms with van der Waals surface area (Å²) in [5.74, 6) is 0.409. The molecule has 0 saturated heterocycles. The molecule has 0 bridgehead atoms. The second-order valence-corrected chi connectivity index (χ2v) is 10.1. The van der Waals surface area contributed by atoms with E-state index in [0.29, 0.717) is 11.3 Å². The van der Waals surface area contributed by atoms with Crippen molar-refractivity contribution in [3.05, 3.63) is 82.6 Å². The number of nitrogens with one attached hydrogen (secondary N) is 1. The quantitative estimate of drug-likeness (QED) is 0.143. The molecule has 1 heterocycles. The number of allylic oxidation sites excluding steroid dienone is 4. The number of aromatic nitrogens is 1. The number of ketones is 1. The normalized spacial score (nSPS) is 12.7. The van der Waals surface area contributed by atoms with Gasteiger partial charge in [0.25, 0.3) is 5.91 Å². The highest BCUT2D eigenvalue weighted by Crippen LogP contribution is 2.41. The zero-order chi connectivity index (χ0) is 28.4. The first kappa shape index (κ1) is 29.8. The van der Waals surface area contributed by atoms with E-state index in [1.54, 1.807) is 6.92 Å². The van der Waals surface area contributed by atoms with E-state index >= 15 is 0 Å². The van der Waals surface area contributed by atoms with Crippen LogP contribution in [0, 0.1) is 6.92 Å². The summed E-state index contributed by atoms with van der Waals surface area (Å²) >= 11 is 1.27. The molecule has 2 aromatic carbocycles. The molecule has 206 valence electrons. The Balaban J connectivity index is 0.00000134. The van der Waals surface area contributed by atoms with Crippen LogP contribution in [-0.4, -0.2) is 29.3 Å². The van der Waals surface area contributed by atoms with Crippen molar-refractivity contribution in [2.45, 2.75) is 64.8 Å². The third kappa shape index (κ3) is 7.20. The minimum atomic E-state index is -0.222. The lowest BCUT2D eigenvalue weighted by Crippen LogP contribution is -2.23. The van der Waals surface area contributed by atoms with Gasteiger partial charge in [0.1, 0.15) is 5.75 Å². The number of hydrogen-bond donors (Lipinski definition) is 2. The van der Waals surface area contributed by atoms with Crippen LogP contribution in [0.15, 0.2) is 65.1 Å². The minimum Gasteiger partial charge on any atom is -0.483 e. The second kappa shape index (κ2) is 14.4. The van der Waals surface area contributed by atoms with E-state index in [9.17, 15) is 9.59 Å². The number of Topliss-reactive ketones (excluding diaryl/α,β-unsaturated/α-hetero) is 1. The fraction of sp³-hybridized carbons (Fsp3) is 0.323. The van der Waals surface area contributed by atoms with Crippen LogP contribution in [0.1, 0.15) is 60.8 Å². The van der Waals surface area contributed by atoms with E-state index in [-0.39, 0.29) is 24.7 Å². The number of rotatable bonds is 10. The van der Waals surface area contributed by atoms with Gasteiger partial charge in [0.2, 0.25) is 6.41 Å². The number of fused-ring (bicyclic) bond motifs is 3. The first-order chi connectivity index (χ1) is 18.9. The zero-order valence-corrected chi connectivity index (χ0v) is 23.9. The van der Waals surface area contributed by atoms with E-state index in [1.165, 1.54) is 28.6 Å². The van der Waals surface area contributed by atoms with E-state index in [2.05, 4.69) is 40.2 Å². The van der Waals surface area contributed by atoms with E-state index in [1.807, 2.05) is 50.3 Å². The monoisotopic (exact) mass is 547 g/mol. The molecular formula is C31H37N3O4S. The van der Waals surface area contributed by atoms with Crippen molar-refractivity contribution in [3.63, 3.8) is 0 Å². The maximum absolute atomic E-state index is 12.9. The molecule has 1 aromatic heterocycles. The number of carbonyl (C=O) groups is 3. The Labute approximate surface area is 234 Å². The average Bonchev–Trinajstić information content (AvgIpc) is 3.51. The molecule has 1 aliphatic rings. The fourth-order valence-electron chi connectivity index (χ4n) is 4.96. The van der Waals surface area contributed by atoms with Gasteiger partial charge in [-0.05, 0) is 87.7 Å². The maximum atomic E-state index is 12.9. The average molecular weight is 548 g/mol. The van der Waals surface area contributed by atoms with Crippen LogP contribution in [0.2, 0.25) is 0 Å². The SMILES string of the molecule is C/C=C\C=C(/CC)Cn1c(C)c(C(C)=O)c2c(OCC(=O)NSc3ccccc3)cc3c(c21)CCC3.NC=O. The Morgan fingerprint density at radius 1 is 1.21 bits per heavy atom. The van der Waals surface area contributed by atoms with Gasteiger partial charge in [-0.25, -0.2) is 0 Å². The van der Waals surface area contributed by atoms with Crippen LogP contribution in [-0.2, 0) is 29.0 Å². The number of carbonyl (C=O) groups excluding carboxylic acids is 3. The van der Waals surface area contributed by atoms with Gasteiger partial charge in [-0.15, -0.1) is 0 Å². The first-order valence-corrected chi connectivity index (χ1v) is 14.0. The summed E-state index contributed by atoms with van der Waals surface area (Å²) in [6, 6.07) is 11.7. The molecule has 0 fully saturated rings. The number of ether oxygens (including phenoxy) is 1. The van der Waals surface area contributed by atoms with Gasteiger partial charge in [-0.2, -0.15) is 0 Å². The molecule has 39 heavy (non-hydrogen) atoms. The zero-order valence-electron chi connectivity index (χ0n) is 23.1. The molecule has 0 atom stereocenters. The van der Waals surface area contributed by atoms with Crippen LogP contribution >= 0.6 is 11.9 Å². The standard InChI is InChI=1S/C30H34N2O3S.CH3NO/c1-5-7-12-22(6-2)18-32-20(3)28(21(4)33)29-26(17-23-13-11-16-25(23)30(29)32)35-19-27(34)31-36-24-14-9-8-10-15-24;2-1-3/h5,7-10,12,14-15,17H,6,11,13,16,18-19H2,1-4H3,(H,31,34);1H,(H2,2,3)/b7-5-,22-12+;. The predicted octanol–water partition coefficient (Wildman–Crippen LogP) is 5.86. The van der Waals surface area contributed by atoms with Crippen LogP contribution < -0.4 is 15.2 Å². The van der Waals surface area contributed by atoms with Crippen molar-refractivity contribution in [2.24, 2.45) is 5.73 Å². The minimum absolute atomic E-state index is 0.0126. The smallest absolute Gasteiger partial charge is 0.267 e. The summed E-state index contributed by atoms with van der Waals surface area (Å²) in [6.07, 6.45) is 10.5. The first-order valence-electron chi connectivity index (χ1n) is 13.1. The van der Waals surface area contributed by atoms with E-state index in [4.69, 9.17) is 9.53 Å². The number of amides is 2. The fourth-order valence-corrected chi connectivity index (χ4v) is 5.54. The van der Waals surface area contributed by atoms with Gasteiger partial charge in [0.15, 0.2) is 12.4 Å². The number of hydrogen-bond acceptors (Lipinski definition) is 5. The van der Waals surface area contributed by atoms with Crippen LogP contribution in [0.4, 0.5) is 0 Å². The van der Waals surface area contributed by atoms with E-state index < -0.39 is 0 Å². The van der Waals surface area contributed by atoms with Crippen molar-refractivity contribution < 1.29 is 19.1 Å². The molecule has 8 heteroatoms. The molecular weight excluding hydrogens is 510 g/mol. The molecule has 0 unspecified atom stereocenters. The molecule has 7 nitrogen and oxygen atoms in total. The molecule has 0 spiro atoms. The summed E-state index contributed by atoms with van der Waals surface area (Å²) in [6.45, 7) is 8.42. The lowest BCUT2D eigenvalue weighted by atomic mass is 10.0. The molecule has 3 aromatic rings. The molecule has 3 N–H and O–H groups in total. The van der Waals surface area contributed by atoms with Crippen molar-refractivity contribution in [1.82, 2.24) is 9.29 Å². The summed E-state index contributed by atoms with van der Waals surface area (Å²) in [5, 5.41) is 0.839. The summed E-state index contributed by atoms with van der Waals surface area (Å²) in [7, 11) is 0. The van der Waals surface area contributed by atoms with Gasteiger partial charge in [-0.1, -0.05) is 48.9 Å². The van der Waals surface area contributed by atoms with Gasteiger partial charge in [-0.3, -0.25) is 19.1 Å². The molecule has 0 radical (unpaired) electrons. The molecule has 4 rings (SSSR count). The molecule has 0 aliphatic heterocycles. The Bertz CT molecular complexity index is 1390. The van der Waals surface area contributed by atoms with E-state index in [0.717, 1.165) is 53.7 Å². The van der Waals surface area contributed by atoms with Gasteiger partial charge in [0, 0.05) is 22.7 Å². The summed E-state index contributed by atoms with van der Waals surface area (Å²) < 4.78 is 11.3. The highest BCUT2D eigenvalue weighted by Gasteiger charge is 2.27. The lowest BCUT2D eigenvalue weighted by molar-refractivity contribution is -0.121. The van der Waals surface area contributed by atoms with Crippen molar-refractivity contribution >= 4 is 41.0 Å². The Hall–Kier alpha value is -3.78. The highest BCUT2D eigenvalue weighted by atomic mass is 32.2. The second-order valence-electron chi connectivity index (χ2n) is 9.26. The van der Waals surface area contributed by atoms with Gasteiger partial charge in [0.05, 0.1) is 10.9 Å².